The number of alkyl halides is 3. The lowest BCUT2D eigenvalue weighted by Gasteiger charge is -2.42. The fourth-order valence-electron chi connectivity index (χ4n) is 5.17. The van der Waals surface area contributed by atoms with E-state index in [1.165, 1.54) is 6.33 Å². The van der Waals surface area contributed by atoms with Gasteiger partial charge in [0.2, 0.25) is 0 Å². The van der Waals surface area contributed by atoms with E-state index >= 15 is 0 Å². The standard InChI is InChI=1S/C25H26Cl2F3N5O/c26-16-11-20-19(21(27)12-16)13-22(34-10-2-1-3-23(34)32-9-8-25(28,29)30)24(20)36-18-6-4-17(5-7-18)35-15-31-14-33-35/h4-7,11-12,14-15,22-24,32H,1-3,8-10,13H2/t22-,23+,24-/m0/s1. The lowest BCUT2D eigenvalue weighted by atomic mass is 10.0. The summed E-state index contributed by atoms with van der Waals surface area (Å²) in [6.45, 7) is 0.644. The number of halogens is 5. The maximum atomic E-state index is 12.8. The van der Waals surface area contributed by atoms with Crippen molar-refractivity contribution < 1.29 is 17.9 Å². The van der Waals surface area contributed by atoms with Crippen molar-refractivity contribution in [2.24, 2.45) is 0 Å². The second-order valence-corrected chi connectivity index (χ2v) is 10.0. The average molecular weight is 540 g/mol. The topological polar surface area (TPSA) is 55.2 Å². The summed E-state index contributed by atoms with van der Waals surface area (Å²) in [5.74, 6) is 0.663. The highest BCUT2D eigenvalue weighted by Crippen LogP contribution is 2.44. The van der Waals surface area contributed by atoms with Gasteiger partial charge >= 0.3 is 6.18 Å². The number of fused-ring (bicyclic) bond motifs is 1. The molecule has 1 N–H and O–H groups in total. The van der Waals surface area contributed by atoms with Crippen molar-refractivity contribution in [3.05, 3.63) is 70.2 Å². The van der Waals surface area contributed by atoms with Gasteiger partial charge in [-0.05, 0) is 67.6 Å². The minimum Gasteiger partial charge on any atom is -0.484 e. The molecular formula is C25H26Cl2F3N5O. The van der Waals surface area contributed by atoms with E-state index in [-0.39, 0.29) is 24.9 Å². The monoisotopic (exact) mass is 539 g/mol. The van der Waals surface area contributed by atoms with Gasteiger partial charge in [0.05, 0.1) is 24.3 Å². The molecule has 3 atom stereocenters. The number of hydrogen-bond acceptors (Lipinski definition) is 5. The zero-order valence-corrected chi connectivity index (χ0v) is 20.9. The summed E-state index contributed by atoms with van der Waals surface area (Å²) in [6, 6.07) is 11.0. The molecule has 1 fully saturated rings. The number of nitrogens with one attached hydrogen (secondary N) is 1. The molecule has 36 heavy (non-hydrogen) atoms. The molecule has 2 aliphatic rings. The van der Waals surface area contributed by atoms with Crippen LogP contribution in [0.5, 0.6) is 5.75 Å². The predicted molar refractivity (Wildman–Crippen MR) is 132 cm³/mol. The van der Waals surface area contributed by atoms with Gasteiger partial charge in [0, 0.05) is 28.7 Å². The average Bonchev–Trinajstić information content (AvgIpc) is 3.49. The lowest BCUT2D eigenvalue weighted by molar-refractivity contribution is -0.134. The van der Waals surface area contributed by atoms with E-state index < -0.39 is 12.6 Å². The van der Waals surface area contributed by atoms with E-state index in [4.69, 9.17) is 27.9 Å². The molecule has 0 saturated carbocycles. The van der Waals surface area contributed by atoms with Gasteiger partial charge in [-0.3, -0.25) is 4.90 Å². The highest BCUT2D eigenvalue weighted by atomic mass is 35.5. The van der Waals surface area contributed by atoms with Gasteiger partial charge in [-0.2, -0.15) is 18.3 Å². The van der Waals surface area contributed by atoms with Crippen molar-refractivity contribution in [1.29, 1.82) is 0 Å². The van der Waals surface area contributed by atoms with Crippen LogP contribution in [0.25, 0.3) is 5.69 Å². The molecular weight excluding hydrogens is 514 g/mol. The Kier molecular flexibility index (Phi) is 7.44. The Hall–Kier alpha value is -2.33. The Bertz CT molecular complexity index is 1170. The highest BCUT2D eigenvalue weighted by molar-refractivity contribution is 6.35. The Labute approximate surface area is 217 Å². The Balaban J connectivity index is 1.41. The molecule has 0 amide bonds. The number of ether oxygens (including phenoxy) is 1. The Morgan fingerprint density at radius 1 is 1.11 bits per heavy atom. The van der Waals surface area contributed by atoms with E-state index in [1.54, 1.807) is 17.1 Å². The van der Waals surface area contributed by atoms with Crippen LogP contribution in [-0.2, 0) is 6.42 Å². The first kappa shape index (κ1) is 25.3. The van der Waals surface area contributed by atoms with Crippen LogP contribution in [0.4, 0.5) is 13.2 Å². The second-order valence-electron chi connectivity index (χ2n) is 9.17. The first-order valence-corrected chi connectivity index (χ1v) is 12.7. The minimum absolute atomic E-state index is 0.102. The molecule has 6 nitrogen and oxygen atoms in total. The summed E-state index contributed by atoms with van der Waals surface area (Å²) in [6.07, 6.45) is 0.824. The van der Waals surface area contributed by atoms with Crippen LogP contribution in [0.3, 0.4) is 0 Å². The van der Waals surface area contributed by atoms with Gasteiger partial charge in [-0.1, -0.05) is 23.2 Å². The first-order valence-electron chi connectivity index (χ1n) is 11.9. The summed E-state index contributed by atoms with van der Waals surface area (Å²) in [5, 5.41) is 8.38. The van der Waals surface area contributed by atoms with E-state index in [1.807, 2.05) is 30.3 Å². The summed E-state index contributed by atoms with van der Waals surface area (Å²) in [5.41, 5.74) is 2.73. The van der Waals surface area contributed by atoms with Crippen LogP contribution in [0, 0.1) is 0 Å². The van der Waals surface area contributed by atoms with Crippen molar-refractivity contribution >= 4 is 23.2 Å². The molecule has 1 aromatic heterocycles. The lowest BCUT2D eigenvalue weighted by Crippen LogP contribution is -2.55. The molecule has 11 heteroatoms. The number of hydrogen-bond donors (Lipinski definition) is 1. The smallest absolute Gasteiger partial charge is 0.390 e. The van der Waals surface area contributed by atoms with Gasteiger partial charge in [0.25, 0.3) is 0 Å². The molecule has 2 heterocycles. The maximum absolute atomic E-state index is 12.8. The van der Waals surface area contributed by atoms with Crippen LogP contribution in [0.2, 0.25) is 10.0 Å². The van der Waals surface area contributed by atoms with E-state index in [0.29, 0.717) is 22.2 Å². The van der Waals surface area contributed by atoms with Crippen molar-refractivity contribution in [2.45, 2.75) is 56.6 Å². The summed E-state index contributed by atoms with van der Waals surface area (Å²) in [7, 11) is 0. The third-order valence-corrected chi connectivity index (χ3v) is 7.36. The summed E-state index contributed by atoms with van der Waals surface area (Å²) < 4.78 is 46.5. The largest absolute Gasteiger partial charge is 0.484 e. The third kappa shape index (κ3) is 5.64. The zero-order valence-electron chi connectivity index (χ0n) is 19.4. The van der Waals surface area contributed by atoms with Gasteiger partial charge in [-0.25, -0.2) is 9.67 Å². The molecule has 5 rings (SSSR count). The van der Waals surface area contributed by atoms with E-state index in [2.05, 4.69) is 20.3 Å². The van der Waals surface area contributed by atoms with Gasteiger partial charge < -0.3 is 10.1 Å². The van der Waals surface area contributed by atoms with Crippen LogP contribution in [0.15, 0.2) is 49.1 Å². The van der Waals surface area contributed by atoms with Crippen LogP contribution in [-0.4, -0.2) is 51.1 Å². The number of benzene rings is 2. The van der Waals surface area contributed by atoms with Crippen molar-refractivity contribution in [2.75, 3.05) is 13.1 Å². The summed E-state index contributed by atoms with van der Waals surface area (Å²) in [4.78, 5) is 6.22. The SMILES string of the molecule is FC(F)(F)CCN[C@H]1CCCCN1[C@H]1Cc2c(Cl)cc(Cl)cc2[C@@H]1Oc1ccc(-n2cncn2)cc1. The van der Waals surface area contributed by atoms with Crippen molar-refractivity contribution in [1.82, 2.24) is 25.0 Å². The van der Waals surface area contributed by atoms with Crippen molar-refractivity contribution in [3.8, 4) is 11.4 Å². The van der Waals surface area contributed by atoms with Crippen molar-refractivity contribution in [3.63, 3.8) is 0 Å². The van der Waals surface area contributed by atoms with Crippen LogP contribution in [0.1, 0.15) is 42.9 Å². The molecule has 3 aromatic rings. The fraction of sp³-hybridized carbons (Fsp3) is 0.440. The van der Waals surface area contributed by atoms with Gasteiger partial charge in [-0.15, -0.1) is 0 Å². The van der Waals surface area contributed by atoms with Gasteiger partial charge in [0.1, 0.15) is 24.5 Å². The summed E-state index contributed by atoms with van der Waals surface area (Å²) >= 11 is 12.9. The molecule has 0 bridgehead atoms. The number of piperidine rings is 1. The van der Waals surface area contributed by atoms with Gasteiger partial charge in [0.15, 0.2) is 0 Å². The van der Waals surface area contributed by atoms with Crippen LogP contribution < -0.4 is 10.1 Å². The zero-order chi connectivity index (χ0) is 25.3. The highest BCUT2D eigenvalue weighted by Gasteiger charge is 2.42. The molecule has 0 radical (unpaired) electrons. The Morgan fingerprint density at radius 2 is 1.92 bits per heavy atom. The molecule has 2 aromatic carbocycles. The third-order valence-electron chi connectivity index (χ3n) is 6.81. The molecule has 192 valence electrons. The molecule has 0 unspecified atom stereocenters. The van der Waals surface area contributed by atoms with E-state index in [0.717, 1.165) is 42.6 Å². The molecule has 1 aliphatic heterocycles. The molecule has 0 spiro atoms. The first-order chi connectivity index (χ1) is 17.3. The minimum atomic E-state index is -4.19. The van der Waals surface area contributed by atoms with Crippen LogP contribution >= 0.6 is 23.2 Å². The number of likely N-dealkylation sites (tertiary alicyclic amines) is 1. The number of aromatic nitrogens is 3. The maximum Gasteiger partial charge on any atom is 0.390 e. The molecule has 1 saturated heterocycles. The Morgan fingerprint density at radius 3 is 2.64 bits per heavy atom. The number of nitrogens with zero attached hydrogens (tertiary/aromatic N) is 4. The fourth-order valence-corrected chi connectivity index (χ4v) is 5.75. The quantitative estimate of drug-likeness (QED) is 0.400. The second kappa shape index (κ2) is 10.6. The normalized spacial score (nSPS) is 22.5. The van der Waals surface area contributed by atoms with E-state index in [9.17, 15) is 13.2 Å². The predicted octanol–water partition coefficient (Wildman–Crippen LogP) is 5.97. The number of rotatable bonds is 7. The molecule has 1 aliphatic carbocycles.